The number of likely N-dealkylation sites (N-methyl/N-ethyl adjacent to an activating group) is 1. The maximum Gasteiger partial charge on any atom is 0.154 e. The molecule has 0 spiro atoms. The highest BCUT2D eigenvalue weighted by molar-refractivity contribution is 4.74. The Morgan fingerprint density at radius 3 is 1.33 bits per heavy atom. The van der Waals surface area contributed by atoms with E-state index in [4.69, 9.17) is 28.4 Å². The summed E-state index contributed by atoms with van der Waals surface area (Å²) in [6.45, 7) is 8.55. The summed E-state index contributed by atoms with van der Waals surface area (Å²) in [5, 5.41) is 3.19. The third kappa shape index (κ3) is 12.3. The number of hydrogen-bond acceptors (Lipinski definition) is 7. The molecule has 2 aliphatic carbocycles. The minimum absolute atomic E-state index is 0.111. The fraction of sp³-hybridized carbons (Fsp3) is 1.00. The lowest BCUT2D eigenvalue weighted by Crippen LogP contribution is -2.36. The van der Waals surface area contributed by atoms with Gasteiger partial charge in [0.25, 0.3) is 0 Å². The van der Waals surface area contributed by atoms with Gasteiger partial charge in [0.2, 0.25) is 0 Å². The summed E-state index contributed by atoms with van der Waals surface area (Å²) in [7, 11) is 5.43. The molecule has 0 radical (unpaired) electrons. The Balaban J connectivity index is 1.48. The zero-order chi connectivity index (χ0) is 23.9. The fourth-order valence-corrected chi connectivity index (χ4v) is 4.94. The van der Waals surface area contributed by atoms with Crippen LogP contribution >= 0.6 is 0 Å². The van der Waals surface area contributed by atoms with E-state index < -0.39 is 0 Å². The second-order valence-corrected chi connectivity index (χ2v) is 10.1. The molecular weight excluding hydrogens is 422 g/mol. The predicted octanol–water partition coefficient (Wildman–Crippen LogP) is 4.24. The summed E-state index contributed by atoms with van der Waals surface area (Å²) in [5.41, 5.74) is 0. The molecule has 2 aliphatic rings. The van der Waals surface area contributed by atoms with Gasteiger partial charge in [-0.2, -0.15) is 0 Å². The van der Waals surface area contributed by atoms with Gasteiger partial charge in [0.05, 0.1) is 39.1 Å². The van der Waals surface area contributed by atoms with Crippen molar-refractivity contribution in [1.29, 1.82) is 0 Å². The Labute approximate surface area is 202 Å². The largest absolute Gasteiger partial charge is 0.384 e. The smallest absolute Gasteiger partial charge is 0.154 e. The minimum Gasteiger partial charge on any atom is -0.384 e. The van der Waals surface area contributed by atoms with Crippen molar-refractivity contribution >= 4 is 0 Å². The molecule has 0 aromatic carbocycles. The summed E-state index contributed by atoms with van der Waals surface area (Å²) in [6.07, 6.45) is 9.53. The van der Waals surface area contributed by atoms with Gasteiger partial charge in [-0.05, 0) is 95.9 Å². The summed E-state index contributed by atoms with van der Waals surface area (Å²) >= 11 is 0. The average molecular weight is 474 g/mol. The van der Waals surface area contributed by atoms with E-state index in [-0.39, 0.29) is 18.6 Å². The van der Waals surface area contributed by atoms with Crippen LogP contribution in [0, 0.1) is 23.7 Å². The Bertz CT molecular complexity index is 466. The highest BCUT2D eigenvalue weighted by Crippen LogP contribution is 2.31. The molecule has 0 heterocycles. The fourth-order valence-electron chi connectivity index (χ4n) is 4.94. The molecule has 0 aromatic heterocycles. The molecule has 0 aliphatic heterocycles. The lowest BCUT2D eigenvalue weighted by atomic mass is 9.83. The van der Waals surface area contributed by atoms with Crippen molar-refractivity contribution in [2.45, 2.75) is 83.8 Å². The van der Waals surface area contributed by atoms with Crippen LogP contribution in [0.3, 0.4) is 0 Å². The SMILES string of the molecule is CNC(COC)COC(C)OCC1CCC(COC(C)OCC2CCC(COC)CC2)CC1. The molecule has 2 fully saturated rings. The molecule has 0 saturated heterocycles. The van der Waals surface area contributed by atoms with Crippen LogP contribution < -0.4 is 5.32 Å². The van der Waals surface area contributed by atoms with Crippen molar-refractivity contribution in [1.82, 2.24) is 5.32 Å². The molecule has 2 rings (SSSR count). The lowest BCUT2D eigenvalue weighted by Gasteiger charge is -2.31. The van der Waals surface area contributed by atoms with Gasteiger partial charge in [0, 0.05) is 20.8 Å². The normalized spacial score (nSPS) is 29.0. The van der Waals surface area contributed by atoms with Gasteiger partial charge in [-0.25, -0.2) is 0 Å². The van der Waals surface area contributed by atoms with Gasteiger partial charge in [-0.15, -0.1) is 0 Å². The maximum atomic E-state index is 6.04. The van der Waals surface area contributed by atoms with E-state index in [0.29, 0.717) is 31.0 Å². The van der Waals surface area contributed by atoms with Crippen LogP contribution in [0.25, 0.3) is 0 Å². The van der Waals surface area contributed by atoms with Gasteiger partial charge in [-0.3, -0.25) is 0 Å². The van der Waals surface area contributed by atoms with Crippen molar-refractivity contribution < 1.29 is 28.4 Å². The van der Waals surface area contributed by atoms with Crippen LogP contribution in [0.5, 0.6) is 0 Å². The van der Waals surface area contributed by atoms with Crippen LogP contribution in [0.1, 0.15) is 65.2 Å². The monoisotopic (exact) mass is 473 g/mol. The summed E-state index contributed by atoms with van der Waals surface area (Å²) in [5.74, 6) is 2.67. The number of ether oxygens (including phenoxy) is 6. The minimum atomic E-state index is -0.188. The quantitative estimate of drug-likeness (QED) is 0.317. The Hall–Kier alpha value is -0.280. The Morgan fingerprint density at radius 1 is 0.576 bits per heavy atom. The first-order valence-electron chi connectivity index (χ1n) is 13.2. The molecular formula is C26H51NO6. The molecule has 3 unspecified atom stereocenters. The molecule has 7 heteroatoms. The first kappa shape index (κ1) is 29.0. The number of hydrogen-bond donors (Lipinski definition) is 1. The lowest BCUT2D eigenvalue weighted by molar-refractivity contribution is -0.155. The van der Waals surface area contributed by atoms with E-state index in [0.717, 1.165) is 32.3 Å². The van der Waals surface area contributed by atoms with Crippen LogP contribution in [-0.4, -0.2) is 79.5 Å². The standard InChI is InChI=1S/C26H51NO6/c1-20(30-15-23-8-6-22(7-9-23)14-28-4)31-16-24-10-12-25(13-11-24)17-32-21(2)33-19-26(27-3)18-29-5/h20-27H,6-19H2,1-5H3. The molecule has 3 atom stereocenters. The van der Waals surface area contributed by atoms with Crippen molar-refractivity contribution in [3.8, 4) is 0 Å². The second-order valence-electron chi connectivity index (χ2n) is 10.1. The summed E-state index contributed by atoms with van der Waals surface area (Å²) in [4.78, 5) is 0. The number of rotatable bonds is 17. The third-order valence-electron chi connectivity index (χ3n) is 7.34. The van der Waals surface area contributed by atoms with Gasteiger partial charge in [-0.1, -0.05) is 0 Å². The molecule has 1 N–H and O–H groups in total. The molecule has 196 valence electrons. The molecule has 2 saturated carbocycles. The van der Waals surface area contributed by atoms with E-state index >= 15 is 0 Å². The van der Waals surface area contributed by atoms with Crippen molar-refractivity contribution in [2.24, 2.45) is 23.7 Å². The number of nitrogens with one attached hydrogen (secondary N) is 1. The summed E-state index contributed by atoms with van der Waals surface area (Å²) < 4.78 is 34.3. The van der Waals surface area contributed by atoms with Crippen LogP contribution in [-0.2, 0) is 28.4 Å². The first-order valence-corrected chi connectivity index (χ1v) is 13.2. The van der Waals surface area contributed by atoms with Crippen LogP contribution in [0.2, 0.25) is 0 Å². The van der Waals surface area contributed by atoms with Gasteiger partial charge in [0.1, 0.15) is 0 Å². The molecule has 7 nitrogen and oxygen atoms in total. The Kier molecular flexibility index (Phi) is 15.1. The maximum absolute atomic E-state index is 6.04. The van der Waals surface area contributed by atoms with E-state index in [9.17, 15) is 0 Å². The average Bonchev–Trinajstić information content (AvgIpc) is 2.84. The zero-order valence-electron chi connectivity index (χ0n) is 21.9. The van der Waals surface area contributed by atoms with Crippen molar-refractivity contribution in [2.75, 3.05) is 60.9 Å². The highest BCUT2D eigenvalue weighted by Gasteiger charge is 2.24. The molecule has 0 aromatic rings. The Morgan fingerprint density at radius 2 is 0.970 bits per heavy atom. The van der Waals surface area contributed by atoms with E-state index in [1.165, 1.54) is 51.4 Å². The highest BCUT2D eigenvalue weighted by atomic mass is 16.7. The molecule has 33 heavy (non-hydrogen) atoms. The topological polar surface area (TPSA) is 67.4 Å². The van der Waals surface area contributed by atoms with Crippen molar-refractivity contribution in [3.63, 3.8) is 0 Å². The summed E-state index contributed by atoms with van der Waals surface area (Å²) in [6, 6.07) is 0.193. The predicted molar refractivity (Wildman–Crippen MR) is 130 cm³/mol. The second kappa shape index (κ2) is 17.2. The van der Waals surface area contributed by atoms with Crippen LogP contribution in [0.15, 0.2) is 0 Å². The van der Waals surface area contributed by atoms with Gasteiger partial charge in [0.15, 0.2) is 12.6 Å². The third-order valence-corrected chi connectivity index (χ3v) is 7.34. The van der Waals surface area contributed by atoms with Gasteiger partial charge < -0.3 is 33.7 Å². The zero-order valence-corrected chi connectivity index (χ0v) is 21.9. The van der Waals surface area contributed by atoms with Crippen LogP contribution in [0.4, 0.5) is 0 Å². The molecule has 0 amide bonds. The van der Waals surface area contributed by atoms with E-state index in [2.05, 4.69) is 5.32 Å². The van der Waals surface area contributed by atoms with Gasteiger partial charge >= 0.3 is 0 Å². The first-order chi connectivity index (χ1) is 16.0. The van der Waals surface area contributed by atoms with E-state index in [1.54, 1.807) is 14.2 Å². The number of methoxy groups -OCH3 is 2. The van der Waals surface area contributed by atoms with E-state index in [1.807, 2.05) is 20.9 Å². The van der Waals surface area contributed by atoms with Crippen molar-refractivity contribution in [3.05, 3.63) is 0 Å². The molecule has 0 bridgehead atoms.